The van der Waals surface area contributed by atoms with Gasteiger partial charge in [0, 0.05) is 43.0 Å². The van der Waals surface area contributed by atoms with E-state index in [1.54, 1.807) is 0 Å². The Kier molecular flexibility index (Phi) is 4.49. The highest BCUT2D eigenvalue weighted by Crippen LogP contribution is 2.29. The van der Waals surface area contributed by atoms with E-state index in [0.29, 0.717) is 18.6 Å². The van der Waals surface area contributed by atoms with Crippen LogP contribution in [0.3, 0.4) is 0 Å². The van der Waals surface area contributed by atoms with Crippen molar-refractivity contribution in [2.45, 2.75) is 38.3 Å². The maximum absolute atomic E-state index is 9.03. The number of hydrogen-bond acceptors (Lipinski definition) is 3. The van der Waals surface area contributed by atoms with Gasteiger partial charge in [-0.05, 0) is 49.3 Å². The van der Waals surface area contributed by atoms with Crippen LogP contribution in [-0.2, 0) is 6.54 Å². The van der Waals surface area contributed by atoms with Gasteiger partial charge in [-0.1, -0.05) is 17.7 Å². The lowest BCUT2D eigenvalue weighted by Crippen LogP contribution is -2.20. The molecule has 3 nitrogen and oxygen atoms in total. The van der Waals surface area contributed by atoms with E-state index in [-0.39, 0.29) is 0 Å². The molecule has 1 unspecified atom stereocenters. The molecule has 2 aliphatic rings. The smallest absolute Gasteiger partial charge is 0.0471 e. The Morgan fingerprint density at radius 3 is 2.85 bits per heavy atom. The molecule has 2 N–H and O–H groups in total. The first-order valence-corrected chi connectivity index (χ1v) is 8.01. The van der Waals surface area contributed by atoms with Crippen molar-refractivity contribution in [1.29, 1.82) is 0 Å². The summed E-state index contributed by atoms with van der Waals surface area (Å²) in [4.78, 5) is 2.38. The second-order valence-electron chi connectivity index (χ2n) is 6.04. The number of benzene rings is 1. The summed E-state index contributed by atoms with van der Waals surface area (Å²) in [5.41, 5.74) is 2.40. The summed E-state index contributed by atoms with van der Waals surface area (Å²) in [6.45, 7) is 3.28. The first kappa shape index (κ1) is 14.2. The molecule has 2 fully saturated rings. The van der Waals surface area contributed by atoms with Gasteiger partial charge in [-0.25, -0.2) is 0 Å². The predicted molar refractivity (Wildman–Crippen MR) is 83.3 cm³/mol. The molecule has 1 aliphatic carbocycles. The van der Waals surface area contributed by atoms with Gasteiger partial charge in [0.25, 0.3) is 0 Å². The molecule has 1 atom stereocenters. The van der Waals surface area contributed by atoms with Crippen LogP contribution in [0.2, 0.25) is 5.02 Å². The number of halogens is 1. The summed E-state index contributed by atoms with van der Waals surface area (Å²) < 4.78 is 0. The summed E-state index contributed by atoms with van der Waals surface area (Å²) in [5, 5.41) is 13.4. The molecule has 1 saturated carbocycles. The van der Waals surface area contributed by atoms with Gasteiger partial charge >= 0.3 is 0 Å². The summed E-state index contributed by atoms with van der Waals surface area (Å²) in [6.07, 6.45) is 4.68. The molecule has 0 radical (unpaired) electrons. The highest BCUT2D eigenvalue weighted by atomic mass is 35.5. The summed E-state index contributed by atoms with van der Waals surface area (Å²) in [6, 6.07) is 7.12. The van der Waals surface area contributed by atoms with Gasteiger partial charge in [0.1, 0.15) is 0 Å². The number of nitrogens with zero attached hydrogens (tertiary/aromatic N) is 1. The number of aliphatic hydroxyl groups is 1. The molecule has 0 spiro atoms. The van der Waals surface area contributed by atoms with E-state index < -0.39 is 0 Å². The SMILES string of the molecule is OCCC1CCN(c2ccc(CNC3CC3)c(Cl)c2)C1. The maximum atomic E-state index is 9.03. The van der Waals surface area contributed by atoms with Gasteiger partial charge in [0.2, 0.25) is 0 Å². The molecule has 4 heteroatoms. The van der Waals surface area contributed by atoms with Crippen molar-refractivity contribution in [2.24, 2.45) is 5.92 Å². The minimum atomic E-state index is 0.297. The Balaban J connectivity index is 1.61. The van der Waals surface area contributed by atoms with Crippen LogP contribution >= 0.6 is 11.6 Å². The fourth-order valence-corrected chi connectivity index (χ4v) is 3.15. The lowest BCUT2D eigenvalue weighted by molar-refractivity contribution is 0.263. The van der Waals surface area contributed by atoms with Crippen LogP contribution in [0.25, 0.3) is 0 Å². The van der Waals surface area contributed by atoms with E-state index >= 15 is 0 Å². The first-order chi connectivity index (χ1) is 9.76. The first-order valence-electron chi connectivity index (χ1n) is 7.64. The Bertz CT molecular complexity index is 462. The van der Waals surface area contributed by atoms with E-state index in [2.05, 4.69) is 28.4 Å². The summed E-state index contributed by atoms with van der Waals surface area (Å²) in [5.74, 6) is 0.620. The molecule has 3 rings (SSSR count). The van der Waals surface area contributed by atoms with Crippen molar-refractivity contribution in [3.05, 3.63) is 28.8 Å². The predicted octanol–water partition coefficient (Wildman–Crippen LogP) is 2.80. The number of rotatable bonds is 6. The number of anilines is 1. The van der Waals surface area contributed by atoms with Crippen molar-refractivity contribution in [3.63, 3.8) is 0 Å². The van der Waals surface area contributed by atoms with Gasteiger partial charge in [-0.15, -0.1) is 0 Å². The largest absolute Gasteiger partial charge is 0.396 e. The Morgan fingerprint density at radius 2 is 2.15 bits per heavy atom. The van der Waals surface area contributed by atoms with Crippen molar-refractivity contribution in [3.8, 4) is 0 Å². The fraction of sp³-hybridized carbons (Fsp3) is 0.625. The van der Waals surface area contributed by atoms with Crippen LogP contribution in [0, 0.1) is 5.92 Å². The third kappa shape index (κ3) is 3.46. The van der Waals surface area contributed by atoms with E-state index in [1.165, 1.54) is 30.5 Å². The minimum absolute atomic E-state index is 0.297. The summed E-state index contributed by atoms with van der Waals surface area (Å²) in [7, 11) is 0. The standard InChI is InChI=1S/C16H23ClN2O/c17-16-9-15(19-7-5-12(11-19)6-8-20)4-1-13(16)10-18-14-2-3-14/h1,4,9,12,14,18,20H,2-3,5-8,10-11H2. The Morgan fingerprint density at radius 1 is 1.30 bits per heavy atom. The van der Waals surface area contributed by atoms with Crippen molar-refractivity contribution in [1.82, 2.24) is 5.32 Å². The van der Waals surface area contributed by atoms with Gasteiger partial charge in [0.05, 0.1) is 0 Å². The zero-order valence-electron chi connectivity index (χ0n) is 11.8. The second-order valence-corrected chi connectivity index (χ2v) is 6.45. The van der Waals surface area contributed by atoms with Crippen LogP contribution < -0.4 is 10.2 Å². The summed E-state index contributed by atoms with van der Waals surface area (Å²) >= 11 is 6.40. The monoisotopic (exact) mass is 294 g/mol. The third-order valence-electron chi connectivity index (χ3n) is 4.38. The quantitative estimate of drug-likeness (QED) is 0.847. The van der Waals surface area contributed by atoms with E-state index in [1.807, 2.05) is 0 Å². The van der Waals surface area contributed by atoms with E-state index in [0.717, 1.165) is 31.1 Å². The highest BCUT2D eigenvalue weighted by Gasteiger charge is 2.23. The van der Waals surface area contributed by atoms with Gasteiger partial charge < -0.3 is 15.3 Å². The van der Waals surface area contributed by atoms with Crippen molar-refractivity contribution in [2.75, 3.05) is 24.6 Å². The zero-order chi connectivity index (χ0) is 13.9. The molecule has 1 heterocycles. The molecule has 110 valence electrons. The molecule has 0 aromatic heterocycles. The highest BCUT2D eigenvalue weighted by molar-refractivity contribution is 6.31. The molecule has 20 heavy (non-hydrogen) atoms. The topological polar surface area (TPSA) is 35.5 Å². The number of hydrogen-bond donors (Lipinski definition) is 2. The number of aliphatic hydroxyl groups excluding tert-OH is 1. The maximum Gasteiger partial charge on any atom is 0.0471 e. The van der Waals surface area contributed by atoms with Crippen molar-refractivity contribution >= 4 is 17.3 Å². The van der Waals surface area contributed by atoms with Crippen LogP contribution in [0.5, 0.6) is 0 Å². The van der Waals surface area contributed by atoms with Crippen LogP contribution in [0.1, 0.15) is 31.2 Å². The molecule has 1 aromatic carbocycles. The zero-order valence-corrected chi connectivity index (χ0v) is 12.6. The molecule has 1 aromatic rings. The number of nitrogens with one attached hydrogen (secondary N) is 1. The van der Waals surface area contributed by atoms with Crippen LogP contribution in [0.4, 0.5) is 5.69 Å². The molecule has 1 saturated heterocycles. The average Bonchev–Trinajstić information content (AvgIpc) is 3.16. The lowest BCUT2D eigenvalue weighted by Gasteiger charge is -2.20. The van der Waals surface area contributed by atoms with E-state index in [9.17, 15) is 0 Å². The van der Waals surface area contributed by atoms with Crippen LogP contribution in [0.15, 0.2) is 18.2 Å². The van der Waals surface area contributed by atoms with Crippen LogP contribution in [-0.4, -0.2) is 30.8 Å². The van der Waals surface area contributed by atoms with Gasteiger partial charge in [-0.2, -0.15) is 0 Å². The van der Waals surface area contributed by atoms with Gasteiger partial charge in [-0.3, -0.25) is 0 Å². The van der Waals surface area contributed by atoms with Crippen molar-refractivity contribution < 1.29 is 5.11 Å². The fourth-order valence-electron chi connectivity index (χ4n) is 2.90. The second kappa shape index (κ2) is 6.33. The third-order valence-corrected chi connectivity index (χ3v) is 4.74. The van der Waals surface area contributed by atoms with E-state index in [4.69, 9.17) is 16.7 Å². The molecular formula is C16H23ClN2O. The normalized spacial score (nSPS) is 22.5. The minimum Gasteiger partial charge on any atom is -0.396 e. The molecule has 0 amide bonds. The van der Waals surface area contributed by atoms with Gasteiger partial charge in [0.15, 0.2) is 0 Å². The Labute approximate surface area is 125 Å². The average molecular weight is 295 g/mol. The molecule has 1 aliphatic heterocycles. The lowest BCUT2D eigenvalue weighted by atomic mass is 10.1. The molecular weight excluding hydrogens is 272 g/mol. The molecule has 0 bridgehead atoms. The Hall–Kier alpha value is -0.770.